The number of hydrogen-bond donors (Lipinski definition) is 1. The smallest absolute Gasteiger partial charge is 0.268 e. The van der Waals surface area contributed by atoms with Crippen LogP contribution in [-0.4, -0.2) is 34.2 Å². The average Bonchev–Trinajstić information content (AvgIpc) is 3.35. The highest BCUT2D eigenvalue weighted by atomic mass is 32.2. The normalized spacial score (nSPS) is 19.2. The highest BCUT2D eigenvalue weighted by Crippen LogP contribution is 2.34. The number of aromatic amines is 1. The van der Waals surface area contributed by atoms with E-state index in [-0.39, 0.29) is 11.1 Å². The Bertz CT molecular complexity index is 1380. The molecule has 0 spiro atoms. The number of thioether (sulfide) groups is 1. The zero-order valence-electron chi connectivity index (χ0n) is 18.1. The summed E-state index contributed by atoms with van der Waals surface area (Å²) >= 11 is 2.90. The van der Waals surface area contributed by atoms with E-state index in [4.69, 9.17) is 4.98 Å². The van der Waals surface area contributed by atoms with Crippen molar-refractivity contribution >= 4 is 33.7 Å². The third-order valence-corrected chi connectivity index (χ3v) is 7.82. The molecule has 0 unspecified atom stereocenters. The first-order valence-corrected chi connectivity index (χ1v) is 12.8. The summed E-state index contributed by atoms with van der Waals surface area (Å²) in [6.45, 7) is 4.37. The van der Waals surface area contributed by atoms with Gasteiger partial charge in [-0.1, -0.05) is 49.8 Å². The molecule has 0 amide bonds. The van der Waals surface area contributed by atoms with E-state index in [1.165, 1.54) is 52.6 Å². The Labute approximate surface area is 192 Å². The van der Waals surface area contributed by atoms with Crippen LogP contribution in [0.25, 0.3) is 10.6 Å². The van der Waals surface area contributed by atoms with Crippen molar-refractivity contribution in [2.45, 2.75) is 69.2 Å². The number of fused-ring (bicyclic) bond motifs is 2. The van der Waals surface area contributed by atoms with Gasteiger partial charge in [-0.3, -0.25) is 14.7 Å². The van der Waals surface area contributed by atoms with Crippen LogP contribution in [0.3, 0.4) is 0 Å². The van der Waals surface area contributed by atoms with Crippen molar-refractivity contribution in [3.8, 4) is 0 Å². The van der Waals surface area contributed by atoms with Gasteiger partial charge in [0.1, 0.15) is 10.8 Å². The minimum atomic E-state index is -0.207. The maximum Gasteiger partial charge on any atom is 0.275 e. The lowest BCUT2D eigenvalue weighted by Gasteiger charge is -2.25. The Morgan fingerprint density at radius 2 is 1.97 bits per heavy atom. The first-order valence-electron chi connectivity index (χ1n) is 11.0. The Morgan fingerprint density at radius 3 is 2.75 bits per heavy atom. The van der Waals surface area contributed by atoms with Crippen molar-refractivity contribution in [3.63, 3.8) is 0 Å². The summed E-state index contributed by atoms with van der Waals surface area (Å²) in [6.07, 6.45) is 6.28. The minimum absolute atomic E-state index is 0.177. The van der Waals surface area contributed by atoms with Crippen molar-refractivity contribution in [2.24, 2.45) is 5.92 Å². The van der Waals surface area contributed by atoms with Crippen molar-refractivity contribution < 1.29 is 0 Å². The van der Waals surface area contributed by atoms with Gasteiger partial charge in [-0.2, -0.15) is 9.61 Å². The number of aryl methyl sites for hydroxylation is 1. The van der Waals surface area contributed by atoms with Gasteiger partial charge in [0.2, 0.25) is 4.96 Å². The van der Waals surface area contributed by atoms with Gasteiger partial charge in [0.15, 0.2) is 10.8 Å². The standard InChI is InChI=1S/C21H25N7O2S2/c1-3-4-17-26-28-18(30)9-14(22-21(28)32-17)11-31-20-24-19(13-7-5-12(2)6-8-13)23-15-10-16(29)25-27(15)20/h9-10,12-13H,3-8,11H2,1-2H3,(H,25,29). The molecule has 5 rings (SSSR count). The predicted molar refractivity (Wildman–Crippen MR) is 125 cm³/mol. The van der Waals surface area contributed by atoms with E-state index in [2.05, 4.69) is 34.0 Å². The fraction of sp³-hybridized carbons (Fsp3) is 0.524. The van der Waals surface area contributed by atoms with Crippen molar-refractivity contribution in [1.82, 2.24) is 34.2 Å². The lowest BCUT2D eigenvalue weighted by Crippen LogP contribution is -2.16. The minimum Gasteiger partial charge on any atom is -0.268 e. The molecule has 1 saturated carbocycles. The lowest BCUT2D eigenvalue weighted by molar-refractivity contribution is 0.338. The molecule has 0 atom stereocenters. The van der Waals surface area contributed by atoms with E-state index < -0.39 is 0 Å². The Balaban J connectivity index is 1.44. The number of nitrogens with one attached hydrogen (secondary N) is 1. The van der Waals surface area contributed by atoms with Gasteiger partial charge in [-0.15, -0.1) is 0 Å². The highest BCUT2D eigenvalue weighted by molar-refractivity contribution is 7.98. The second-order valence-electron chi connectivity index (χ2n) is 8.45. The molecule has 0 aliphatic heterocycles. The monoisotopic (exact) mass is 471 g/mol. The van der Waals surface area contributed by atoms with Gasteiger partial charge in [-0.05, 0) is 25.2 Å². The summed E-state index contributed by atoms with van der Waals surface area (Å²) in [5, 5.41) is 8.71. The van der Waals surface area contributed by atoms with E-state index in [1.54, 1.807) is 4.52 Å². The van der Waals surface area contributed by atoms with E-state index in [0.717, 1.165) is 42.4 Å². The molecule has 168 valence electrons. The van der Waals surface area contributed by atoms with Crippen molar-refractivity contribution in [3.05, 3.63) is 49.4 Å². The van der Waals surface area contributed by atoms with Gasteiger partial charge in [0.25, 0.3) is 11.1 Å². The zero-order valence-corrected chi connectivity index (χ0v) is 19.7. The molecule has 11 heteroatoms. The topological polar surface area (TPSA) is 110 Å². The van der Waals surface area contributed by atoms with Crippen LogP contribution in [0.1, 0.15) is 68.4 Å². The summed E-state index contributed by atoms with van der Waals surface area (Å²) in [5.41, 5.74) is 0.863. The average molecular weight is 472 g/mol. The molecule has 4 heterocycles. The fourth-order valence-corrected chi connectivity index (χ4v) is 5.99. The second kappa shape index (κ2) is 8.78. The molecular formula is C21H25N7O2S2. The summed E-state index contributed by atoms with van der Waals surface area (Å²) in [6, 6.07) is 3.03. The third-order valence-electron chi connectivity index (χ3n) is 5.88. The fourth-order valence-electron chi connectivity index (χ4n) is 4.12. The molecule has 0 bridgehead atoms. The molecule has 4 aromatic rings. The maximum atomic E-state index is 12.5. The lowest BCUT2D eigenvalue weighted by atomic mass is 9.82. The molecule has 32 heavy (non-hydrogen) atoms. The predicted octanol–water partition coefficient (Wildman–Crippen LogP) is 3.42. The highest BCUT2D eigenvalue weighted by Gasteiger charge is 2.24. The first-order chi connectivity index (χ1) is 15.5. The van der Waals surface area contributed by atoms with Crippen molar-refractivity contribution in [2.75, 3.05) is 0 Å². The number of H-pyrrole nitrogens is 1. The summed E-state index contributed by atoms with van der Waals surface area (Å²) in [4.78, 5) is 39.2. The van der Waals surface area contributed by atoms with E-state index in [1.807, 2.05) is 0 Å². The van der Waals surface area contributed by atoms with Gasteiger partial charge < -0.3 is 0 Å². The number of rotatable bonds is 6. The van der Waals surface area contributed by atoms with Crippen LogP contribution < -0.4 is 11.1 Å². The van der Waals surface area contributed by atoms with E-state index in [9.17, 15) is 9.59 Å². The van der Waals surface area contributed by atoms with E-state index in [0.29, 0.717) is 33.1 Å². The van der Waals surface area contributed by atoms with Gasteiger partial charge in [0.05, 0.1) is 5.69 Å². The van der Waals surface area contributed by atoms with Gasteiger partial charge in [0, 0.05) is 30.2 Å². The van der Waals surface area contributed by atoms with Gasteiger partial charge >= 0.3 is 0 Å². The van der Waals surface area contributed by atoms with Crippen LogP contribution in [-0.2, 0) is 12.2 Å². The molecule has 1 fully saturated rings. The largest absolute Gasteiger partial charge is 0.275 e. The molecule has 0 saturated heterocycles. The zero-order chi connectivity index (χ0) is 22.2. The second-order valence-corrected chi connectivity index (χ2v) is 10.4. The Kier molecular flexibility index (Phi) is 5.85. The molecule has 1 N–H and O–H groups in total. The molecule has 9 nitrogen and oxygen atoms in total. The van der Waals surface area contributed by atoms with Crippen LogP contribution in [0.5, 0.6) is 0 Å². The molecule has 1 aliphatic rings. The van der Waals surface area contributed by atoms with Crippen LogP contribution in [0, 0.1) is 5.92 Å². The first kappa shape index (κ1) is 21.3. The maximum absolute atomic E-state index is 12.5. The third kappa shape index (κ3) is 4.23. The quantitative estimate of drug-likeness (QED) is 0.429. The molecule has 0 radical (unpaired) electrons. The summed E-state index contributed by atoms with van der Waals surface area (Å²) in [5.74, 6) is 2.31. The number of hydrogen-bond acceptors (Lipinski definition) is 8. The van der Waals surface area contributed by atoms with Crippen molar-refractivity contribution in [1.29, 1.82) is 0 Å². The number of aromatic nitrogens is 7. The molecule has 1 aliphatic carbocycles. The van der Waals surface area contributed by atoms with Gasteiger partial charge in [-0.25, -0.2) is 19.5 Å². The molecule has 0 aromatic carbocycles. The molecule has 4 aromatic heterocycles. The SMILES string of the molecule is CCCc1nn2c(=O)cc(CSc3nc(C4CCC(C)CC4)nc4cc(=O)[nH]n34)nc2s1. The summed E-state index contributed by atoms with van der Waals surface area (Å²) < 4.78 is 3.00. The number of nitrogens with zero attached hydrogens (tertiary/aromatic N) is 6. The summed E-state index contributed by atoms with van der Waals surface area (Å²) in [7, 11) is 0. The van der Waals surface area contributed by atoms with Crippen LogP contribution in [0.15, 0.2) is 26.9 Å². The Morgan fingerprint density at radius 1 is 1.16 bits per heavy atom. The van der Waals surface area contributed by atoms with Crippen LogP contribution in [0.4, 0.5) is 0 Å². The van der Waals surface area contributed by atoms with Crippen LogP contribution >= 0.6 is 23.1 Å². The molecular weight excluding hydrogens is 446 g/mol. The Hall–Kier alpha value is -2.53. The van der Waals surface area contributed by atoms with E-state index >= 15 is 0 Å². The van der Waals surface area contributed by atoms with Crippen LogP contribution in [0.2, 0.25) is 0 Å².